The minimum Gasteiger partial charge on any atom is -0.339 e. The minimum atomic E-state index is 0.123. The number of nitrogens with one attached hydrogen (secondary N) is 1. The second-order valence-electron chi connectivity index (χ2n) is 6.21. The Kier molecular flexibility index (Phi) is 4.32. The Hall–Kier alpha value is -2.53. The highest BCUT2D eigenvalue weighted by molar-refractivity contribution is 6.31. The molecule has 1 aliphatic heterocycles. The number of nitrogens with zero attached hydrogens (tertiary/aromatic N) is 3. The maximum Gasteiger partial charge on any atom is 0.227 e. The molecule has 1 amide bonds. The highest BCUT2D eigenvalue weighted by Crippen LogP contribution is 2.20. The van der Waals surface area contributed by atoms with E-state index in [2.05, 4.69) is 14.9 Å². The average Bonchev–Trinajstić information content (AvgIpc) is 3.08. The largest absolute Gasteiger partial charge is 0.339 e. The molecular weight excluding hydrogens is 336 g/mol. The van der Waals surface area contributed by atoms with E-state index in [9.17, 15) is 4.79 Å². The summed E-state index contributed by atoms with van der Waals surface area (Å²) < 4.78 is 0. The number of rotatable bonds is 3. The lowest BCUT2D eigenvalue weighted by Gasteiger charge is -2.34. The maximum atomic E-state index is 12.5. The Labute approximate surface area is 151 Å². The summed E-state index contributed by atoms with van der Waals surface area (Å²) >= 11 is 6.16. The van der Waals surface area contributed by atoms with Gasteiger partial charge in [0.25, 0.3) is 0 Å². The molecule has 3 aromatic rings. The van der Waals surface area contributed by atoms with Gasteiger partial charge in [-0.05, 0) is 23.8 Å². The first-order valence-electron chi connectivity index (χ1n) is 8.41. The second-order valence-corrected chi connectivity index (χ2v) is 6.62. The van der Waals surface area contributed by atoms with Gasteiger partial charge in [-0.15, -0.1) is 0 Å². The van der Waals surface area contributed by atoms with Crippen LogP contribution in [0.1, 0.15) is 5.56 Å². The van der Waals surface area contributed by atoms with Gasteiger partial charge in [0.2, 0.25) is 11.9 Å². The van der Waals surface area contributed by atoms with E-state index in [-0.39, 0.29) is 5.91 Å². The number of halogens is 1. The topological polar surface area (TPSA) is 52.2 Å². The number of piperazine rings is 1. The Balaban J connectivity index is 1.39. The van der Waals surface area contributed by atoms with Gasteiger partial charge in [-0.25, -0.2) is 4.98 Å². The van der Waals surface area contributed by atoms with Crippen molar-refractivity contribution in [2.24, 2.45) is 0 Å². The highest BCUT2D eigenvalue weighted by atomic mass is 35.5. The molecule has 1 N–H and O–H groups in total. The molecule has 4 rings (SSSR count). The van der Waals surface area contributed by atoms with Crippen LogP contribution in [0.3, 0.4) is 0 Å². The predicted octanol–water partition coefficient (Wildman–Crippen LogP) is 3.11. The first-order chi connectivity index (χ1) is 12.2. The number of aromatic amines is 1. The van der Waals surface area contributed by atoms with Gasteiger partial charge >= 0.3 is 0 Å². The summed E-state index contributed by atoms with van der Waals surface area (Å²) in [5, 5.41) is 0.650. The van der Waals surface area contributed by atoms with E-state index in [1.165, 1.54) is 0 Å². The number of imidazole rings is 1. The number of amides is 1. The normalized spacial score (nSPS) is 14.9. The lowest BCUT2D eigenvalue weighted by molar-refractivity contribution is -0.130. The minimum absolute atomic E-state index is 0.123. The Morgan fingerprint density at radius 3 is 2.52 bits per heavy atom. The van der Waals surface area contributed by atoms with Crippen molar-refractivity contribution in [2.75, 3.05) is 31.1 Å². The molecule has 2 aromatic carbocycles. The van der Waals surface area contributed by atoms with Gasteiger partial charge in [-0.3, -0.25) is 4.79 Å². The van der Waals surface area contributed by atoms with Crippen LogP contribution in [0.15, 0.2) is 48.5 Å². The fourth-order valence-corrected chi connectivity index (χ4v) is 3.38. The van der Waals surface area contributed by atoms with Gasteiger partial charge in [-0.2, -0.15) is 0 Å². The standard InChI is InChI=1S/C19H19ClN4O/c20-15-6-2-1-5-14(15)13-18(25)23-9-11-24(12-10-23)19-21-16-7-3-4-8-17(16)22-19/h1-8H,9-13H2,(H,21,22). The summed E-state index contributed by atoms with van der Waals surface area (Å²) in [5.41, 5.74) is 2.89. The van der Waals surface area contributed by atoms with Gasteiger partial charge in [0.15, 0.2) is 0 Å². The van der Waals surface area contributed by atoms with Gasteiger partial charge in [-0.1, -0.05) is 41.9 Å². The number of anilines is 1. The van der Waals surface area contributed by atoms with E-state index in [4.69, 9.17) is 11.6 Å². The molecule has 1 saturated heterocycles. The first-order valence-corrected chi connectivity index (χ1v) is 8.79. The van der Waals surface area contributed by atoms with Crippen LogP contribution in [0.4, 0.5) is 5.95 Å². The summed E-state index contributed by atoms with van der Waals surface area (Å²) in [7, 11) is 0. The smallest absolute Gasteiger partial charge is 0.227 e. The molecule has 6 heteroatoms. The molecule has 128 valence electrons. The van der Waals surface area contributed by atoms with Crippen molar-refractivity contribution < 1.29 is 4.79 Å². The molecule has 1 aliphatic rings. The van der Waals surface area contributed by atoms with E-state index >= 15 is 0 Å². The third kappa shape index (κ3) is 3.33. The molecule has 0 unspecified atom stereocenters. The van der Waals surface area contributed by atoms with Crippen LogP contribution in [0.2, 0.25) is 5.02 Å². The second kappa shape index (κ2) is 6.76. The Bertz CT molecular complexity index is 866. The molecule has 0 saturated carbocycles. The predicted molar refractivity (Wildman–Crippen MR) is 100 cm³/mol. The van der Waals surface area contributed by atoms with Crippen LogP contribution in [0.25, 0.3) is 11.0 Å². The van der Waals surface area contributed by atoms with E-state index in [1.807, 2.05) is 53.4 Å². The summed E-state index contributed by atoms with van der Waals surface area (Å²) in [6.45, 7) is 2.93. The lowest BCUT2D eigenvalue weighted by atomic mass is 10.1. The molecule has 0 radical (unpaired) electrons. The lowest BCUT2D eigenvalue weighted by Crippen LogP contribution is -2.49. The quantitative estimate of drug-likeness (QED) is 0.786. The Morgan fingerprint density at radius 2 is 1.76 bits per heavy atom. The van der Waals surface area contributed by atoms with Crippen LogP contribution in [-0.2, 0) is 11.2 Å². The maximum absolute atomic E-state index is 12.5. The van der Waals surface area contributed by atoms with Crippen molar-refractivity contribution in [1.29, 1.82) is 0 Å². The third-order valence-electron chi connectivity index (χ3n) is 4.61. The summed E-state index contributed by atoms with van der Waals surface area (Å²) in [5.74, 6) is 0.997. The zero-order valence-electron chi connectivity index (χ0n) is 13.8. The number of hydrogen-bond acceptors (Lipinski definition) is 3. The van der Waals surface area contributed by atoms with Gasteiger partial charge in [0.05, 0.1) is 17.5 Å². The van der Waals surface area contributed by atoms with Crippen molar-refractivity contribution in [3.8, 4) is 0 Å². The number of carbonyl (C=O) groups excluding carboxylic acids is 1. The highest BCUT2D eigenvalue weighted by Gasteiger charge is 2.23. The molecule has 2 heterocycles. The Morgan fingerprint density at radius 1 is 1.04 bits per heavy atom. The van der Waals surface area contributed by atoms with E-state index in [0.29, 0.717) is 24.5 Å². The van der Waals surface area contributed by atoms with Crippen molar-refractivity contribution in [3.05, 3.63) is 59.1 Å². The van der Waals surface area contributed by atoms with Crippen LogP contribution < -0.4 is 4.90 Å². The van der Waals surface area contributed by atoms with Crippen molar-refractivity contribution in [3.63, 3.8) is 0 Å². The van der Waals surface area contributed by atoms with Crippen LogP contribution in [0, 0.1) is 0 Å². The molecule has 0 atom stereocenters. The zero-order chi connectivity index (χ0) is 17.2. The van der Waals surface area contributed by atoms with Gasteiger partial charge in [0, 0.05) is 31.2 Å². The molecule has 0 aliphatic carbocycles. The van der Waals surface area contributed by atoms with Gasteiger partial charge in [0.1, 0.15) is 0 Å². The number of carbonyl (C=O) groups is 1. The zero-order valence-corrected chi connectivity index (χ0v) is 14.5. The van der Waals surface area contributed by atoms with Crippen LogP contribution in [0.5, 0.6) is 0 Å². The number of H-pyrrole nitrogens is 1. The van der Waals surface area contributed by atoms with Crippen LogP contribution in [-0.4, -0.2) is 47.0 Å². The van der Waals surface area contributed by atoms with Crippen LogP contribution >= 0.6 is 11.6 Å². The fourth-order valence-electron chi connectivity index (χ4n) is 3.17. The monoisotopic (exact) mass is 354 g/mol. The number of benzene rings is 2. The van der Waals surface area contributed by atoms with Gasteiger partial charge < -0.3 is 14.8 Å². The summed E-state index contributed by atoms with van der Waals surface area (Å²) in [6.07, 6.45) is 0.351. The number of para-hydroxylation sites is 2. The SMILES string of the molecule is O=C(Cc1ccccc1Cl)N1CCN(c2nc3ccccc3[nH]2)CC1. The molecule has 0 bridgehead atoms. The van der Waals surface area contributed by atoms with E-state index in [1.54, 1.807) is 0 Å². The molecule has 0 spiro atoms. The molecule has 1 aromatic heterocycles. The number of aromatic nitrogens is 2. The van der Waals surface area contributed by atoms with E-state index in [0.717, 1.165) is 35.6 Å². The molecule has 5 nitrogen and oxygen atoms in total. The number of hydrogen-bond donors (Lipinski definition) is 1. The van der Waals surface area contributed by atoms with Crippen molar-refractivity contribution in [2.45, 2.75) is 6.42 Å². The fraction of sp³-hybridized carbons (Fsp3) is 0.263. The summed E-state index contributed by atoms with van der Waals surface area (Å²) in [6, 6.07) is 15.5. The van der Waals surface area contributed by atoms with E-state index < -0.39 is 0 Å². The molecular formula is C19H19ClN4O. The molecule has 1 fully saturated rings. The number of fused-ring (bicyclic) bond motifs is 1. The first kappa shape index (κ1) is 16.0. The van der Waals surface area contributed by atoms with Crippen molar-refractivity contribution in [1.82, 2.24) is 14.9 Å². The van der Waals surface area contributed by atoms with Crippen molar-refractivity contribution >= 4 is 34.5 Å². The third-order valence-corrected chi connectivity index (χ3v) is 4.98. The summed E-state index contributed by atoms with van der Waals surface area (Å²) in [4.78, 5) is 24.6. The molecule has 25 heavy (non-hydrogen) atoms. The average molecular weight is 355 g/mol.